The molecule has 0 aliphatic carbocycles. The summed E-state index contributed by atoms with van der Waals surface area (Å²) in [7, 11) is 1.66. The SMILES string of the molecule is COc1ccccc1CC(N)c1ccncn1. The maximum Gasteiger partial charge on any atom is 0.122 e. The largest absolute Gasteiger partial charge is 0.496 e. The third-order valence-corrected chi connectivity index (χ3v) is 2.62. The molecule has 0 radical (unpaired) electrons. The highest BCUT2D eigenvalue weighted by Crippen LogP contribution is 2.22. The van der Waals surface area contributed by atoms with Crippen molar-refractivity contribution in [3.8, 4) is 5.75 Å². The van der Waals surface area contributed by atoms with Gasteiger partial charge in [0.25, 0.3) is 0 Å². The van der Waals surface area contributed by atoms with Crippen molar-refractivity contribution in [2.45, 2.75) is 12.5 Å². The van der Waals surface area contributed by atoms with Crippen LogP contribution in [0.2, 0.25) is 0 Å². The molecule has 1 heterocycles. The molecule has 4 nitrogen and oxygen atoms in total. The molecule has 0 amide bonds. The van der Waals surface area contributed by atoms with Crippen LogP contribution in [0.1, 0.15) is 17.3 Å². The van der Waals surface area contributed by atoms with Crippen molar-refractivity contribution in [2.24, 2.45) is 5.73 Å². The van der Waals surface area contributed by atoms with E-state index in [1.807, 2.05) is 30.3 Å². The summed E-state index contributed by atoms with van der Waals surface area (Å²) >= 11 is 0. The van der Waals surface area contributed by atoms with E-state index in [9.17, 15) is 0 Å². The van der Waals surface area contributed by atoms with Gasteiger partial charge in [-0.25, -0.2) is 9.97 Å². The summed E-state index contributed by atoms with van der Waals surface area (Å²) in [5, 5.41) is 0. The Morgan fingerprint density at radius 1 is 1.29 bits per heavy atom. The molecule has 2 aromatic rings. The van der Waals surface area contributed by atoms with Crippen molar-refractivity contribution in [2.75, 3.05) is 7.11 Å². The molecule has 1 atom stereocenters. The quantitative estimate of drug-likeness (QED) is 0.867. The number of methoxy groups -OCH3 is 1. The van der Waals surface area contributed by atoms with Gasteiger partial charge in [0.2, 0.25) is 0 Å². The highest BCUT2D eigenvalue weighted by Gasteiger charge is 2.11. The Hall–Kier alpha value is -1.94. The van der Waals surface area contributed by atoms with E-state index < -0.39 is 0 Å². The van der Waals surface area contributed by atoms with E-state index in [0.717, 1.165) is 17.0 Å². The second kappa shape index (κ2) is 5.41. The fraction of sp³-hybridized carbons (Fsp3) is 0.231. The van der Waals surface area contributed by atoms with E-state index in [1.54, 1.807) is 13.3 Å². The van der Waals surface area contributed by atoms with Gasteiger partial charge in [0.05, 0.1) is 18.8 Å². The molecule has 4 heteroatoms. The van der Waals surface area contributed by atoms with E-state index in [4.69, 9.17) is 10.5 Å². The third kappa shape index (κ3) is 2.79. The summed E-state index contributed by atoms with van der Waals surface area (Å²) in [6.07, 6.45) is 3.91. The second-order valence-electron chi connectivity index (χ2n) is 3.76. The number of nitrogens with zero attached hydrogens (tertiary/aromatic N) is 2. The first kappa shape index (κ1) is 11.5. The molecule has 0 saturated heterocycles. The fourth-order valence-electron chi connectivity index (χ4n) is 1.73. The van der Waals surface area contributed by atoms with E-state index in [2.05, 4.69) is 9.97 Å². The van der Waals surface area contributed by atoms with E-state index in [0.29, 0.717) is 6.42 Å². The van der Waals surface area contributed by atoms with Gasteiger partial charge in [-0.05, 0) is 24.1 Å². The molecule has 0 saturated carbocycles. The van der Waals surface area contributed by atoms with Crippen LogP contribution in [0.3, 0.4) is 0 Å². The lowest BCUT2D eigenvalue weighted by Crippen LogP contribution is -2.15. The number of hydrogen-bond donors (Lipinski definition) is 1. The Kier molecular flexibility index (Phi) is 3.67. The summed E-state index contributed by atoms with van der Waals surface area (Å²) in [5.41, 5.74) is 8.03. The number of aromatic nitrogens is 2. The number of nitrogens with two attached hydrogens (primary N) is 1. The molecular formula is C13H15N3O. The predicted molar refractivity (Wildman–Crippen MR) is 65.7 cm³/mol. The summed E-state index contributed by atoms with van der Waals surface area (Å²) in [6.45, 7) is 0. The zero-order chi connectivity index (χ0) is 12.1. The summed E-state index contributed by atoms with van der Waals surface area (Å²) < 4.78 is 5.29. The maximum atomic E-state index is 6.10. The molecule has 1 unspecified atom stereocenters. The normalized spacial score (nSPS) is 12.1. The van der Waals surface area contributed by atoms with Gasteiger partial charge in [0.15, 0.2) is 0 Å². The fourth-order valence-corrected chi connectivity index (χ4v) is 1.73. The van der Waals surface area contributed by atoms with Gasteiger partial charge in [-0.15, -0.1) is 0 Å². The minimum atomic E-state index is -0.144. The molecular weight excluding hydrogens is 214 g/mol. The average molecular weight is 229 g/mol. The minimum absolute atomic E-state index is 0.144. The lowest BCUT2D eigenvalue weighted by molar-refractivity contribution is 0.408. The van der Waals surface area contributed by atoms with Gasteiger partial charge in [-0.1, -0.05) is 18.2 Å². The van der Waals surface area contributed by atoms with Crippen molar-refractivity contribution in [3.63, 3.8) is 0 Å². The van der Waals surface area contributed by atoms with E-state index in [1.165, 1.54) is 6.33 Å². The molecule has 0 bridgehead atoms. The summed E-state index contributed by atoms with van der Waals surface area (Å²) in [4.78, 5) is 8.03. The molecule has 0 aliphatic heterocycles. The number of hydrogen-bond acceptors (Lipinski definition) is 4. The van der Waals surface area contributed by atoms with Crippen molar-refractivity contribution in [3.05, 3.63) is 54.1 Å². The summed E-state index contributed by atoms with van der Waals surface area (Å²) in [6, 6.07) is 9.56. The Balaban J connectivity index is 2.16. The van der Waals surface area contributed by atoms with Crippen molar-refractivity contribution >= 4 is 0 Å². The molecule has 2 rings (SSSR count). The molecule has 1 aromatic heterocycles. The van der Waals surface area contributed by atoms with Crippen LogP contribution in [-0.4, -0.2) is 17.1 Å². The average Bonchev–Trinajstić information content (AvgIpc) is 2.40. The second-order valence-corrected chi connectivity index (χ2v) is 3.76. The molecule has 88 valence electrons. The van der Waals surface area contributed by atoms with Crippen molar-refractivity contribution < 1.29 is 4.74 Å². The number of benzene rings is 1. The summed E-state index contributed by atoms with van der Waals surface area (Å²) in [5.74, 6) is 0.858. The van der Waals surface area contributed by atoms with Crippen molar-refractivity contribution in [1.29, 1.82) is 0 Å². The van der Waals surface area contributed by atoms with Gasteiger partial charge in [0.1, 0.15) is 12.1 Å². The van der Waals surface area contributed by atoms with Gasteiger partial charge in [0, 0.05) is 6.20 Å². The van der Waals surface area contributed by atoms with Gasteiger partial charge in [-0.2, -0.15) is 0 Å². The predicted octanol–water partition coefficient (Wildman–Crippen LogP) is 1.73. The van der Waals surface area contributed by atoms with Gasteiger partial charge in [-0.3, -0.25) is 0 Å². The monoisotopic (exact) mass is 229 g/mol. The molecule has 1 aromatic carbocycles. The molecule has 0 aliphatic rings. The molecule has 0 fully saturated rings. The van der Waals surface area contributed by atoms with Gasteiger partial charge >= 0.3 is 0 Å². The molecule has 2 N–H and O–H groups in total. The van der Waals surface area contributed by atoms with Crippen LogP contribution in [0.15, 0.2) is 42.9 Å². The Labute approximate surface area is 100 Å². The lowest BCUT2D eigenvalue weighted by atomic mass is 10.0. The van der Waals surface area contributed by atoms with Crippen LogP contribution in [-0.2, 0) is 6.42 Å². The smallest absolute Gasteiger partial charge is 0.122 e. The molecule has 0 spiro atoms. The van der Waals surface area contributed by atoms with E-state index in [-0.39, 0.29) is 6.04 Å². The first-order valence-corrected chi connectivity index (χ1v) is 5.44. The zero-order valence-electron chi connectivity index (χ0n) is 9.71. The van der Waals surface area contributed by atoms with Crippen LogP contribution in [0.4, 0.5) is 0 Å². The Morgan fingerprint density at radius 3 is 2.82 bits per heavy atom. The minimum Gasteiger partial charge on any atom is -0.496 e. The standard InChI is InChI=1S/C13H15N3O/c1-17-13-5-3-2-4-10(13)8-11(14)12-6-7-15-9-16-12/h2-7,9,11H,8,14H2,1H3. The van der Waals surface area contributed by atoms with Crippen LogP contribution in [0.25, 0.3) is 0 Å². The maximum absolute atomic E-state index is 6.10. The van der Waals surface area contributed by atoms with Crippen LogP contribution in [0, 0.1) is 0 Å². The van der Waals surface area contributed by atoms with Gasteiger partial charge < -0.3 is 10.5 Å². The highest BCUT2D eigenvalue weighted by molar-refractivity contribution is 5.34. The Morgan fingerprint density at radius 2 is 2.12 bits per heavy atom. The number of rotatable bonds is 4. The third-order valence-electron chi connectivity index (χ3n) is 2.62. The highest BCUT2D eigenvalue weighted by atomic mass is 16.5. The zero-order valence-corrected chi connectivity index (χ0v) is 9.71. The van der Waals surface area contributed by atoms with Crippen LogP contribution in [0.5, 0.6) is 5.75 Å². The topological polar surface area (TPSA) is 61.0 Å². The lowest BCUT2D eigenvalue weighted by Gasteiger charge is -2.13. The van der Waals surface area contributed by atoms with Crippen molar-refractivity contribution in [1.82, 2.24) is 9.97 Å². The first-order valence-electron chi connectivity index (χ1n) is 5.44. The molecule has 17 heavy (non-hydrogen) atoms. The number of para-hydroxylation sites is 1. The van der Waals surface area contributed by atoms with Crippen LogP contribution >= 0.6 is 0 Å². The van der Waals surface area contributed by atoms with E-state index >= 15 is 0 Å². The van der Waals surface area contributed by atoms with Crippen LogP contribution < -0.4 is 10.5 Å². The number of ether oxygens (including phenoxy) is 1. The first-order chi connectivity index (χ1) is 8.31. The Bertz CT molecular complexity index is 473.